The van der Waals surface area contributed by atoms with Gasteiger partial charge in [-0.05, 0) is 31.7 Å². The van der Waals surface area contributed by atoms with Gasteiger partial charge in [-0.1, -0.05) is 31.9 Å². The Labute approximate surface area is 152 Å². The number of hydrogen-bond acceptors (Lipinski definition) is 6. The van der Waals surface area contributed by atoms with Gasteiger partial charge in [0.1, 0.15) is 0 Å². The number of nitro benzene ring substituents is 1. The van der Waals surface area contributed by atoms with Crippen LogP contribution in [0.3, 0.4) is 0 Å². The van der Waals surface area contributed by atoms with Gasteiger partial charge in [-0.2, -0.15) is 0 Å². The van der Waals surface area contributed by atoms with Gasteiger partial charge in [0.2, 0.25) is 0 Å². The maximum atomic E-state index is 12.2. The molecule has 0 bridgehead atoms. The molecule has 1 fully saturated rings. The van der Waals surface area contributed by atoms with Crippen molar-refractivity contribution in [1.29, 1.82) is 0 Å². The average Bonchev–Trinajstić information content (AvgIpc) is 2.62. The van der Waals surface area contributed by atoms with Crippen LogP contribution in [0, 0.1) is 16.0 Å². The predicted molar refractivity (Wildman–Crippen MR) is 93.7 cm³/mol. The quantitative estimate of drug-likeness (QED) is 0.453. The molecule has 3 unspecified atom stereocenters. The summed E-state index contributed by atoms with van der Waals surface area (Å²) in [4.78, 5) is 34.4. The third-order valence-electron chi connectivity index (χ3n) is 4.52. The number of ether oxygens (including phenoxy) is 2. The van der Waals surface area contributed by atoms with Crippen LogP contribution in [-0.2, 0) is 14.3 Å². The first kappa shape index (κ1) is 19.7. The standard InChI is InChI=1S/C18H24N2O6/c1-12-7-3-4-8-14(12)19-18(22)13(2)26-17(21)11-25-16-10-6-5-9-15(16)20(23)24/h5-6,9-10,12-14H,3-4,7-8,11H2,1-2H3,(H,19,22). The predicted octanol–water partition coefficient (Wildman–Crippen LogP) is 2.60. The number of nitrogens with zero attached hydrogens (tertiary/aromatic N) is 1. The van der Waals surface area contributed by atoms with Crippen LogP contribution >= 0.6 is 0 Å². The molecule has 1 N–H and O–H groups in total. The van der Waals surface area contributed by atoms with Gasteiger partial charge >= 0.3 is 11.7 Å². The Morgan fingerprint density at radius 2 is 2.00 bits per heavy atom. The van der Waals surface area contributed by atoms with Crippen LogP contribution in [-0.4, -0.2) is 35.6 Å². The van der Waals surface area contributed by atoms with Crippen molar-refractivity contribution in [3.8, 4) is 5.75 Å². The number of carbonyl (C=O) groups excluding carboxylic acids is 2. The normalized spacial score (nSPS) is 20.7. The van der Waals surface area contributed by atoms with E-state index in [0.29, 0.717) is 5.92 Å². The molecular formula is C18H24N2O6. The molecule has 1 aromatic rings. The van der Waals surface area contributed by atoms with Gasteiger partial charge in [-0.25, -0.2) is 4.79 Å². The van der Waals surface area contributed by atoms with Crippen LogP contribution < -0.4 is 10.1 Å². The number of esters is 1. The van der Waals surface area contributed by atoms with E-state index in [9.17, 15) is 19.7 Å². The highest BCUT2D eigenvalue weighted by Crippen LogP contribution is 2.26. The molecule has 0 spiro atoms. The zero-order chi connectivity index (χ0) is 19.1. The second kappa shape index (κ2) is 9.17. The van der Waals surface area contributed by atoms with Gasteiger partial charge < -0.3 is 14.8 Å². The SMILES string of the molecule is CC(OC(=O)COc1ccccc1[N+](=O)[O-])C(=O)NC1CCCCC1C. The van der Waals surface area contributed by atoms with Crippen LogP contribution in [0.4, 0.5) is 5.69 Å². The van der Waals surface area contributed by atoms with Gasteiger partial charge in [0.25, 0.3) is 5.91 Å². The molecule has 8 heteroatoms. The molecule has 1 saturated carbocycles. The van der Waals surface area contributed by atoms with Gasteiger partial charge in [0, 0.05) is 12.1 Å². The number of hydrogen-bond donors (Lipinski definition) is 1. The summed E-state index contributed by atoms with van der Waals surface area (Å²) in [5, 5.41) is 13.8. The fourth-order valence-electron chi connectivity index (χ4n) is 2.98. The van der Waals surface area contributed by atoms with E-state index in [2.05, 4.69) is 12.2 Å². The maximum absolute atomic E-state index is 12.2. The van der Waals surface area contributed by atoms with Crippen molar-refractivity contribution in [2.45, 2.75) is 51.7 Å². The number of nitrogens with one attached hydrogen (secondary N) is 1. The molecule has 142 valence electrons. The fourth-order valence-corrected chi connectivity index (χ4v) is 2.98. The lowest BCUT2D eigenvalue weighted by atomic mass is 9.86. The fraction of sp³-hybridized carbons (Fsp3) is 0.556. The second-order valence-electron chi connectivity index (χ2n) is 6.52. The van der Waals surface area contributed by atoms with E-state index in [-0.39, 0.29) is 23.4 Å². The maximum Gasteiger partial charge on any atom is 0.344 e. The minimum Gasteiger partial charge on any atom is -0.475 e. The Morgan fingerprint density at radius 3 is 2.69 bits per heavy atom. The van der Waals surface area contributed by atoms with Crippen LogP contribution in [0.25, 0.3) is 0 Å². The highest BCUT2D eigenvalue weighted by atomic mass is 16.6. The number of nitro groups is 1. The van der Waals surface area contributed by atoms with E-state index < -0.39 is 23.6 Å². The summed E-state index contributed by atoms with van der Waals surface area (Å²) in [7, 11) is 0. The third-order valence-corrected chi connectivity index (χ3v) is 4.52. The average molecular weight is 364 g/mol. The molecule has 3 atom stereocenters. The molecule has 0 aromatic heterocycles. The summed E-state index contributed by atoms with van der Waals surface area (Å²) < 4.78 is 10.2. The molecule has 1 amide bonds. The molecule has 1 aliphatic carbocycles. The van der Waals surface area contributed by atoms with E-state index >= 15 is 0 Å². The Hall–Kier alpha value is -2.64. The van der Waals surface area contributed by atoms with Crippen LogP contribution in [0.2, 0.25) is 0 Å². The highest BCUT2D eigenvalue weighted by molar-refractivity contribution is 5.84. The summed E-state index contributed by atoms with van der Waals surface area (Å²) in [6.45, 7) is 3.08. The van der Waals surface area contributed by atoms with Crippen molar-refractivity contribution in [2.75, 3.05) is 6.61 Å². The summed E-state index contributed by atoms with van der Waals surface area (Å²) in [6, 6.07) is 5.84. The summed E-state index contributed by atoms with van der Waals surface area (Å²) in [5.74, 6) is -0.731. The Kier molecular flexibility index (Phi) is 6.94. The Balaban J connectivity index is 1.81. The number of para-hydroxylation sites is 2. The van der Waals surface area contributed by atoms with Crippen LogP contribution in [0.5, 0.6) is 5.75 Å². The second-order valence-corrected chi connectivity index (χ2v) is 6.52. The molecular weight excluding hydrogens is 340 g/mol. The first-order valence-corrected chi connectivity index (χ1v) is 8.74. The van der Waals surface area contributed by atoms with Gasteiger partial charge in [0.15, 0.2) is 18.5 Å². The number of amides is 1. The van der Waals surface area contributed by atoms with Gasteiger partial charge in [-0.3, -0.25) is 14.9 Å². The first-order valence-electron chi connectivity index (χ1n) is 8.74. The molecule has 0 aliphatic heterocycles. The molecule has 8 nitrogen and oxygen atoms in total. The lowest BCUT2D eigenvalue weighted by Gasteiger charge is -2.30. The number of carbonyl (C=O) groups is 2. The summed E-state index contributed by atoms with van der Waals surface area (Å²) in [6.07, 6.45) is 3.29. The van der Waals surface area contributed by atoms with Crippen molar-refractivity contribution < 1.29 is 24.0 Å². The molecule has 26 heavy (non-hydrogen) atoms. The van der Waals surface area contributed by atoms with E-state index in [1.54, 1.807) is 6.07 Å². The topological polar surface area (TPSA) is 108 Å². The molecule has 1 aliphatic rings. The lowest BCUT2D eigenvalue weighted by Crippen LogP contribution is -2.46. The molecule has 0 saturated heterocycles. The Bertz CT molecular complexity index is 663. The zero-order valence-corrected chi connectivity index (χ0v) is 15.0. The van der Waals surface area contributed by atoms with Crippen molar-refractivity contribution in [2.24, 2.45) is 5.92 Å². The highest BCUT2D eigenvalue weighted by Gasteiger charge is 2.26. The van der Waals surface area contributed by atoms with Crippen molar-refractivity contribution in [3.63, 3.8) is 0 Å². The van der Waals surface area contributed by atoms with Crippen molar-refractivity contribution in [3.05, 3.63) is 34.4 Å². The van der Waals surface area contributed by atoms with Crippen LogP contribution in [0.15, 0.2) is 24.3 Å². The Morgan fingerprint density at radius 1 is 1.31 bits per heavy atom. The smallest absolute Gasteiger partial charge is 0.344 e. The number of rotatable bonds is 7. The first-order chi connectivity index (χ1) is 12.4. The minimum absolute atomic E-state index is 0.0254. The molecule has 1 aromatic carbocycles. The van der Waals surface area contributed by atoms with E-state index in [0.717, 1.165) is 19.3 Å². The molecule has 0 heterocycles. The monoisotopic (exact) mass is 364 g/mol. The van der Waals surface area contributed by atoms with Gasteiger partial charge in [0.05, 0.1) is 4.92 Å². The van der Waals surface area contributed by atoms with E-state index in [1.807, 2.05) is 0 Å². The molecule has 2 rings (SSSR count). The molecule has 0 radical (unpaired) electrons. The lowest BCUT2D eigenvalue weighted by molar-refractivity contribution is -0.385. The largest absolute Gasteiger partial charge is 0.475 e. The van der Waals surface area contributed by atoms with E-state index in [1.165, 1.54) is 31.5 Å². The minimum atomic E-state index is -0.953. The van der Waals surface area contributed by atoms with E-state index in [4.69, 9.17) is 9.47 Å². The summed E-state index contributed by atoms with van der Waals surface area (Å²) >= 11 is 0. The van der Waals surface area contributed by atoms with Crippen molar-refractivity contribution >= 4 is 17.6 Å². The zero-order valence-electron chi connectivity index (χ0n) is 15.0. The van der Waals surface area contributed by atoms with Crippen LogP contribution in [0.1, 0.15) is 39.5 Å². The van der Waals surface area contributed by atoms with Crippen molar-refractivity contribution in [1.82, 2.24) is 5.32 Å². The van der Waals surface area contributed by atoms with Gasteiger partial charge in [-0.15, -0.1) is 0 Å². The number of benzene rings is 1. The summed E-state index contributed by atoms with van der Waals surface area (Å²) in [5.41, 5.74) is -0.239. The third kappa shape index (κ3) is 5.44.